The lowest BCUT2D eigenvalue weighted by Gasteiger charge is -2.18. The topological polar surface area (TPSA) is 12.0 Å². The monoisotopic (exact) mass is 367 g/mol. The molecule has 0 amide bonds. The highest BCUT2D eigenvalue weighted by atomic mass is 79.9. The number of halogens is 2. The number of benzene rings is 2. The maximum atomic E-state index is 13.3. The van der Waals surface area contributed by atoms with Gasteiger partial charge in [0.05, 0.1) is 0 Å². The van der Waals surface area contributed by atoms with E-state index in [9.17, 15) is 4.39 Å². The Hall–Kier alpha value is -0.840. The summed E-state index contributed by atoms with van der Waals surface area (Å²) in [7, 11) is 0. The maximum Gasteiger partial charge on any atom is 0.124 e. The first kappa shape index (κ1) is 16.5. The molecular weight excluding hydrogens is 349 g/mol. The van der Waals surface area contributed by atoms with Crippen LogP contribution in [-0.2, 0) is 0 Å². The molecule has 1 atom stereocenters. The molecule has 2 aromatic rings. The number of nitrogens with one attached hydrogen (secondary N) is 1. The van der Waals surface area contributed by atoms with Crippen LogP contribution in [-0.4, -0.2) is 6.54 Å². The van der Waals surface area contributed by atoms with Gasteiger partial charge in [0.25, 0.3) is 0 Å². The van der Waals surface area contributed by atoms with Crippen molar-refractivity contribution in [1.29, 1.82) is 0 Å². The molecule has 0 aromatic heterocycles. The van der Waals surface area contributed by atoms with Gasteiger partial charge in [-0.05, 0) is 55.8 Å². The van der Waals surface area contributed by atoms with Crippen LogP contribution in [0.1, 0.15) is 31.9 Å². The molecule has 0 aliphatic carbocycles. The largest absolute Gasteiger partial charge is 0.310 e. The minimum atomic E-state index is -0.200. The Morgan fingerprint density at radius 3 is 2.76 bits per heavy atom. The highest BCUT2D eigenvalue weighted by Crippen LogP contribution is 2.35. The van der Waals surface area contributed by atoms with Crippen molar-refractivity contribution in [1.82, 2.24) is 5.32 Å². The van der Waals surface area contributed by atoms with Crippen molar-refractivity contribution in [2.75, 3.05) is 6.54 Å². The van der Waals surface area contributed by atoms with Crippen molar-refractivity contribution < 1.29 is 4.39 Å². The van der Waals surface area contributed by atoms with Crippen LogP contribution in [0, 0.1) is 5.82 Å². The lowest BCUT2D eigenvalue weighted by molar-refractivity contribution is 0.563. The van der Waals surface area contributed by atoms with Crippen molar-refractivity contribution in [3.8, 4) is 0 Å². The molecule has 0 saturated heterocycles. The van der Waals surface area contributed by atoms with E-state index in [1.807, 2.05) is 6.07 Å². The van der Waals surface area contributed by atoms with Crippen molar-refractivity contribution in [3.05, 3.63) is 58.3 Å². The van der Waals surface area contributed by atoms with Gasteiger partial charge in [-0.15, -0.1) is 0 Å². The molecule has 2 rings (SSSR count). The molecule has 0 fully saturated rings. The van der Waals surface area contributed by atoms with E-state index in [2.05, 4.69) is 53.3 Å². The van der Waals surface area contributed by atoms with Gasteiger partial charge in [0.1, 0.15) is 5.82 Å². The standard InChI is InChI=1S/C17H19BrFNS/c1-3-9-20-12(2)16-8-7-13(18)10-17(16)21-15-6-4-5-14(19)11-15/h4-8,10-12,20H,3,9H2,1-2H3. The molecule has 0 radical (unpaired) electrons. The van der Waals surface area contributed by atoms with Crippen LogP contribution in [0.3, 0.4) is 0 Å². The fourth-order valence-electron chi connectivity index (χ4n) is 2.08. The van der Waals surface area contributed by atoms with Crippen LogP contribution in [0.2, 0.25) is 0 Å². The number of rotatable bonds is 6. The fourth-order valence-corrected chi connectivity index (χ4v) is 3.72. The Morgan fingerprint density at radius 1 is 1.24 bits per heavy atom. The van der Waals surface area contributed by atoms with Crippen LogP contribution in [0.4, 0.5) is 4.39 Å². The van der Waals surface area contributed by atoms with Crippen LogP contribution < -0.4 is 5.32 Å². The molecule has 0 saturated carbocycles. The van der Waals surface area contributed by atoms with E-state index in [0.717, 1.165) is 27.2 Å². The molecule has 0 heterocycles. The molecule has 1 nitrogen and oxygen atoms in total. The second kappa shape index (κ2) is 7.97. The van der Waals surface area contributed by atoms with Crippen molar-refractivity contribution >= 4 is 27.7 Å². The summed E-state index contributed by atoms with van der Waals surface area (Å²) in [6.07, 6.45) is 1.10. The van der Waals surface area contributed by atoms with E-state index < -0.39 is 0 Å². The Balaban J connectivity index is 2.26. The van der Waals surface area contributed by atoms with E-state index in [1.165, 1.54) is 11.6 Å². The molecular formula is C17H19BrFNS. The molecule has 0 aliphatic rings. The zero-order chi connectivity index (χ0) is 15.2. The summed E-state index contributed by atoms with van der Waals surface area (Å²) in [5, 5.41) is 3.50. The normalized spacial score (nSPS) is 12.4. The molecule has 0 spiro atoms. The van der Waals surface area contributed by atoms with Crippen molar-refractivity contribution in [2.45, 2.75) is 36.1 Å². The summed E-state index contributed by atoms with van der Waals surface area (Å²) in [6, 6.07) is 13.3. The van der Waals surface area contributed by atoms with Crippen molar-refractivity contribution in [2.24, 2.45) is 0 Å². The second-order valence-electron chi connectivity index (χ2n) is 4.92. The molecule has 1 N–H and O–H groups in total. The Morgan fingerprint density at radius 2 is 2.05 bits per heavy atom. The molecule has 2 aromatic carbocycles. The number of hydrogen-bond acceptors (Lipinski definition) is 2. The average Bonchev–Trinajstić information content (AvgIpc) is 2.45. The highest BCUT2D eigenvalue weighted by molar-refractivity contribution is 9.10. The predicted molar refractivity (Wildman–Crippen MR) is 91.4 cm³/mol. The van der Waals surface area contributed by atoms with E-state index in [1.54, 1.807) is 23.9 Å². The molecule has 0 bridgehead atoms. The Kier molecular flexibility index (Phi) is 6.27. The van der Waals surface area contributed by atoms with Gasteiger partial charge in [0.2, 0.25) is 0 Å². The van der Waals surface area contributed by atoms with Crippen LogP contribution in [0.25, 0.3) is 0 Å². The summed E-state index contributed by atoms with van der Waals surface area (Å²) in [4.78, 5) is 2.06. The van der Waals surface area contributed by atoms with Gasteiger partial charge in [0, 0.05) is 20.3 Å². The number of hydrogen-bond donors (Lipinski definition) is 1. The van der Waals surface area contributed by atoms with E-state index in [-0.39, 0.29) is 11.9 Å². The lowest BCUT2D eigenvalue weighted by Crippen LogP contribution is -2.19. The summed E-state index contributed by atoms with van der Waals surface area (Å²) >= 11 is 5.11. The van der Waals surface area contributed by atoms with Crippen LogP contribution in [0.5, 0.6) is 0 Å². The minimum absolute atomic E-state index is 0.200. The van der Waals surface area contributed by atoms with E-state index in [4.69, 9.17) is 0 Å². The van der Waals surface area contributed by atoms with Gasteiger partial charge in [-0.3, -0.25) is 0 Å². The molecule has 21 heavy (non-hydrogen) atoms. The summed E-state index contributed by atoms with van der Waals surface area (Å²) in [5.41, 5.74) is 1.24. The predicted octanol–water partition coefficient (Wildman–Crippen LogP) is 5.80. The molecule has 4 heteroatoms. The zero-order valence-corrected chi connectivity index (χ0v) is 14.6. The molecule has 0 aliphatic heterocycles. The quantitative estimate of drug-likeness (QED) is 0.692. The zero-order valence-electron chi connectivity index (χ0n) is 12.2. The summed E-state index contributed by atoms with van der Waals surface area (Å²) in [6.45, 7) is 5.31. The van der Waals surface area contributed by atoms with Crippen molar-refractivity contribution in [3.63, 3.8) is 0 Å². The molecule has 112 valence electrons. The third-order valence-electron chi connectivity index (χ3n) is 3.17. The maximum absolute atomic E-state index is 13.3. The first-order chi connectivity index (χ1) is 10.1. The minimum Gasteiger partial charge on any atom is -0.310 e. The van der Waals surface area contributed by atoms with Gasteiger partial charge in [-0.25, -0.2) is 4.39 Å². The van der Waals surface area contributed by atoms with Gasteiger partial charge in [-0.2, -0.15) is 0 Å². The second-order valence-corrected chi connectivity index (χ2v) is 6.95. The van der Waals surface area contributed by atoms with Crippen LogP contribution >= 0.6 is 27.7 Å². The molecule has 1 unspecified atom stereocenters. The first-order valence-corrected chi connectivity index (χ1v) is 8.67. The van der Waals surface area contributed by atoms with Gasteiger partial charge in [0.15, 0.2) is 0 Å². The van der Waals surface area contributed by atoms with Gasteiger partial charge >= 0.3 is 0 Å². The van der Waals surface area contributed by atoms with Gasteiger partial charge < -0.3 is 5.32 Å². The first-order valence-electron chi connectivity index (χ1n) is 7.06. The van der Waals surface area contributed by atoms with E-state index >= 15 is 0 Å². The Bertz CT molecular complexity index is 603. The Labute approximate surface area is 138 Å². The fraction of sp³-hybridized carbons (Fsp3) is 0.294. The highest BCUT2D eigenvalue weighted by Gasteiger charge is 2.12. The summed E-state index contributed by atoms with van der Waals surface area (Å²) < 4.78 is 14.4. The average molecular weight is 368 g/mol. The van der Waals surface area contributed by atoms with Crippen LogP contribution in [0.15, 0.2) is 56.7 Å². The third kappa shape index (κ3) is 4.83. The SMILES string of the molecule is CCCNC(C)c1ccc(Br)cc1Sc1cccc(F)c1. The summed E-state index contributed by atoms with van der Waals surface area (Å²) in [5.74, 6) is -0.200. The van der Waals surface area contributed by atoms with E-state index in [0.29, 0.717) is 0 Å². The third-order valence-corrected chi connectivity index (χ3v) is 4.72. The smallest absolute Gasteiger partial charge is 0.124 e. The van der Waals surface area contributed by atoms with Gasteiger partial charge in [-0.1, -0.05) is 46.7 Å². The lowest BCUT2D eigenvalue weighted by atomic mass is 10.1.